The molecule has 0 saturated carbocycles. The summed E-state index contributed by atoms with van der Waals surface area (Å²) in [7, 11) is -1.32. The smallest absolute Gasteiger partial charge is 0.241 e. The molecule has 0 spiro atoms. The lowest BCUT2D eigenvalue weighted by Gasteiger charge is -2.06. The van der Waals surface area contributed by atoms with Crippen LogP contribution in [0.3, 0.4) is 0 Å². The highest BCUT2D eigenvalue weighted by atomic mass is 32.2. The number of nitriles is 1. The Morgan fingerprint density at radius 2 is 2.06 bits per heavy atom. The van der Waals surface area contributed by atoms with Crippen molar-refractivity contribution in [2.45, 2.75) is 5.16 Å². The van der Waals surface area contributed by atoms with E-state index in [-0.39, 0.29) is 16.6 Å². The first kappa shape index (κ1) is 12.2. The fraction of sp³-hybridized carbons (Fsp3) is 0.0833. The Labute approximate surface area is 107 Å². The van der Waals surface area contributed by atoms with Gasteiger partial charge in [-0.1, -0.05) is 18.2 Å². The molecule has 1 atom stereocenters. The molecule has 0 aliphatic rings. The summed E-state index contributed by atoms with van der Waals surface area (Å²) in [6, 6.07) is 10.9. The summed E-state index contributed by atoms with van der Waals surface area (Å²) in [4.78, 5) is 7.82. The van der Waals surface area contributed by atoms with E-state index in [1.807, 2.05) is 12.1 Å². The molecule has 1 aromatic carbocycles. The summed E-state index contributed by atoms with van der Waals surface area (Å²) in [5, 5.41) is 9.08. The van der Waals surface area contributed by atoms with Gasteiger partial charge < -0.3 is 4.74 Å². The van der Waals surface area contributed by atoms with Crippen LogP contribution in [0, 0.1) is 11.3 Å². The van der Waals surface area contributed by atoms with Crippen molar-refractivity contribution in [2.75, 3.05) is 6.26 Å². The van der Waals surface area contributed by atoms with Crippen LogP contribution in [-0.4, -0.2) is 20.4 Å². The van der Waals surface area contributed by atoms with Gasteiger partial charge in [0.25, 0.3) is 0 Å². The van der Waals surface area contributed by atoms with E-state index in [9.17, 15) is 4.21 Å². The normalized spacial score (nSPS) is 11.6. The molecule has 5 nitrogen and oxygen atoms in total. The second-order valence-electron chi connectivity index (χ2n) is 3.35. The fourth-order valence-corrected chi connectivity index (χ4v) is 1.66. The van der Waals surface area contributed by atoms with Gasteiger partial charge in [-0.3, -0.25) is 4.21 Å². The van der Waals surface area contributed by atoms with Crippen LogP contribution >= 0.6 is 0 Å². The molecule has 0 saturated heterocycles. The second kappa shape index (κ2) is 5.38. The van der Waals surface area contributed by atoms with Gasteiger partial charge in [0.15, 0.2) is 0 Å². The molecule has 1 unspecified atom stereocenters. The van der Waals surface area contributed by atoms with Crippen molar-refractivity contribution in [1.82, 2.24) is 9.97 Å². The Morgan fingerprint density at radius 1 is 1.33 bits per heavy atom. The molecule has 90 valence electrons. The number of ether oxygens (including phenoxy) is 1. The Morgan fingerprint density at radius 3 is 2.67 bits per heavy atom. The van der Waals surface area contributed by atoms with Gasteiger partial charge in [-0.15, -0.1) is 0 Å². The Kier molecular flexibility index (Phi) is 3.65. The summed E-state index contributed by atoms with van der Waals surface area (Å²) >= 11 is 0. The zero-order valence-corrected chi connectivity index (χ0v) is 10.3. The first-order chi connectivity index (χ1) is 8.70. The molecule has 0 amide bonds. The van der Waals surface area contributed by atoms with Crippen LogP contribution in [0.5, 0.6) is 11.6 Å². The van der Waals surface area contributed by atoms with Gasteiger partial charge in [-0.25, -0.2) is 4.98 Å². The summed E-state index contributed by atoms with van der Waals surface area (Å²) < 4.78 is 16.8. The van der Waals surface area contributed by atoms with E-state index in [1.165, 1.54) is 12.5 Å². The standard InChI is InChI=1S/C12H9N3O2S/c1-18(16)12-14-8-9(7-13)11(15-12)17-10-5-3-2-4-6-10/h2-6,8H,1H3. The van der Waals surface area contributed by atoms with Gasteiger partial charge in [0, 0.05) is 6.26 Å². The average molecular weight is 259 g/mol. The lowest BCUT2D eigenvalue weighted by molar-refractivity contribution is 0.453. The Hall–Kier alpha value is -2.26. The van der Waals surface area contributed by atoms with E-state index in [1.54, 1.807) is 24.3 Å². The largest absolute Gasteiger partial charge is 0.438 e. The maximum atomic E-state index is 11.3. The quantitative estimate of drug-likeness (QED) is 0.786. The topological polar surface area (TPSA) is 75.9 Å². The minimum absolute atomic E-state index is 0.115. The molecule has 0 fully saturated rings. The number of hydrogen-bond donors (Lipinski definition) is 0. The Balaban J connectivity index is 2.39. The maximum Gasteiger partial charge on any atom is 0.241 e. The molecule has 0 aliphatic heterocycles. The van der Waals surface area contributed by atoms with Crippen molar-refractivity contribution >= 4 is 10.8 Å². The zero-order chi connectivity index (χ0) is 13.0. The van der Waals surface area contributed by atoms with Gasteiger partial charge in [0.1, 0.15) is 17.4 Å². The van der Waals surface area contributed by atoms with Crippen LogP contribution in [0.1, 0.15) is 5.56 Å². The molecule has 0 aliphatic carbocycles. The molecular formula is C12H9N3O2S. The van der Waals surface area contributed by atoms with Crippen LogP contribution < -0.4 is 4.74 Å². The van der Waals surface area contributed by atoms with Gasteiger partial charge >= 0.3 is 0 Å². The highest BCUT2D eigenvalue weighted by Gasteiger charge is 2.11. The summed E-state index contributed by atoms with van der Waals surface area (Å²) in [5.74, 6) is 0.671. The van der Waals surface area contributed by atoms with Crippen molar-refractivity contribution in [3.63, 3.8) is 0 Å². The van der Waals surface area contributed by atoms with Gasteiger partial charge in [0.05, 0.1) is 17.0 Å². The van der Waals surface area contributed by atoms with E-state index in [2.05, 4.69) is 9.97 Å². The van der Waals surface area contributed by atoms with Crippen LogP contribution in [-0.2, 0) is 10.8 Å². The van der Waals surface area contributed by atoms with E-state index >= 15 is 0 Å². The molecular weight excluding hydrogens is 250 g/mol. The third kappa shape index (κ3) is 2.70. The molecule has 2 aromatic rings. The third-order valence-corrected chi connectivity index (χ3v) is 2.78. The first-order valence-corrected chi connectivity index (χ1v) is 6.60. The maximum absolute atomic E-state index is 11.3. The van der Waals surface area contributed by atoms with Crippen molar-refractivity contribution in [1.29, 1.82) is 5.26 Å². The third-order valence-electron chi connectivity index (χ3n) is 2.07. The summed E-state index contributed by atoms with van der Waals surface area (Å²) in [6.07, 6.45) is 2.77. The predicted molar refractivity (Wildman–Crippen MR) is 65.6 cm³/mol. The Bertz CT molecular complexity index is 623. The van der Waals surface area contributed by atoms with Crippen molar-refractivity contribution in [3.05, 3.63) is 42.1 Å². The second-order valence-corrected chi connectivity index (χ2v) is 4.63. The monoisotopic (exact) mass is 259 g/mol. The highest BCUT2D eigenvalue weighted by molar-refractivity contribution is 7.84. The van der Waals surface area contributed by atoms with Crippen LogP contribution in [0.2, 0.25) is 0 Å². The molecule has 0 radical (unpaired) electrons. The summed E-state index contributed by atoms with van der Waals surface area (Å²) in [6.45, 7) is 0. The van der Waals surface area contributed by atoms with Crippen molar-refractivity contribution in [2.24, 2.45) is 0 Å². The minimum Gasteiger partial charge on any atom is -0.438 e. The van der Waals surface area contributed by atoms with E-state index in [0.717, 1.165) is 0 Å². The molecule has 2 rings (SSSR count). The van der Waals surface area contributed by atoms with Gasteiger partial charge in [0.2, 0.25) is 11.0 Å². The van der Waals surface area contributed by atoms with E-state index in [0.29, 0.717) is 5.75 Å². The number of nitrogens with zero attached hydrogens (tertiary/aromatic N) is 3. The van der Waals surface area contributed by atoms with Crippen LogP contribution in [0.15, 0.2) is 41.7 Å². The molecule has 0 N–H and O–H groups in total. The number of benzene rings is 1. The van der Waals surface area contributed by atoms with Crippen molar-refractivity contribution in [3.8, 4) is 17.7 Å². The van der Waals surface area contributed by atoms with E-state index in [4.69, 9.17) is 10.00 Å². The number of hydrogen-bond acceptors (Lipinski definition) is 5. The average Bonchev–Trinajstić information content (AvgIpc) is 2.39. The molecule has 18 heavy (non-hydrogen) atoms. The first-order valence-electron chi connectivity index (χ1n) is 5.04. The van der Waals surface area contributed by atoms with Crippen molar-refractivity contribution < 1.29 is 8.95 Å². The van der Waals surface area contributed by atoms with Gasteiger partial charge in [-0.05, 0) is 12.1 Å². The molecule has 6 heteroatoms. The molecule has 1 aromatic heterocycles. The number of rotatable bonds is 3. The lowest BCUT2D eigenvalue weighted by atomic mass is 10.3. The fourth-order valence-electron chi connectivity index (χ4n) is 1.24. The zero-order valence-electron chi connectivity index (χ0n) is 9.53. The molecule has 0 bridgehead atoms. The van der Waals surface area contributed by atoms with Gasteiger partial charge in [-0.2, -0.15) is 10.2 Å². The predicted octanol–water partition coefficient (Wildman–Crippen LogP) is 1.88. The van der Waals surface area contributed by atoms with E-state index < -0.39 is 10.8 Å². The lowest BCUT2D eigenvalue weighted by Crippen LogP contribution is -2.01. The van der Waals surface area contributed by atoms with Crippen LogP contribution in [0.4, 0.5) is 0 Å². The number of para-hydroxylation sites is 1. The molecule has 1 heterocycles. The SMILES string of the molecule is CS(=O)c1ncc(C#N)c(Oc2ccccc2)n1. The van der Waals surface area contributed by atoms with Crippen LogP contribution in [0.25, 0.3) is 0 Å². The minimum atomic E-state index is -1.32. The number of aromatic nitrogens is 2. The highest BCUT2D eigenvalue weighted by Crippen LogP contribution is 2.22. The summed E-state index contributed by atoms with van der Waals surface area (Å²) in [5.41, 5.74) is 0.202.